The molecule has 0 radical (unpaired) electrons. The van der Waals surface area contributed by atoms with E-state index in [1.54, 1.807) is 0 Å². The molecule has 0 atom stereocenters. The first-order chi connectivity index (χ1) is 10.8. The van der Waals surface area contributed by atoms with Gasteiger partial charge in [0.05, 0.1) is 6.61 Å². The van der Waals surface area contributed by atoms with E-state index in [4.69, 9.17) is 9.15 Å². The molecule has 3 heteroatoms. The van der Waals surface area contributed by atoms with Crippen LogP contribution in [0, 0.1) is 0 Å². The lowest BCUT2D eigenvalue weighted by Crippen LogP contribution is -1.99. The summed E-state index contributed by atoms with van der Waals surface area (Å²) in [5.41, 5.74) is 3.95. The third-order valence-corrected chi connectivity index (χ3v) is 3.86. The molecule has 0 spiro atoms. The van der Waals surface area contributed by atoms with E-state index < -0.39 is 0 Å². The minimum atomic E-state index is -0.0278. The first-order valence-corrected chi connectivity index (χ1v) is 7.30. The Morgan fingerprint density at radius 2 is 1.59 bits per heavy atom. The Hall–Kier alpha value is -2.81. The lowest BCUT2D eigenvalue weighted by Gasteiger charge is -2.03. The van der Waals surface area contributed by atoms with Crippen LogP contribution < -0.4 is 4.74 Å². The summed E-state index contributed by atoms with van der Waals surface area (Å²) >= 11 is 0. The summed E-state index contributed by atoms with van der Waals surface area (Å²) in [6.45, 7) is 2.33. The normalized spacial score (nSPS) is 12.1. The van der Waals surface area contributed by atoms with Crippen molar-refractivity contribution >= 4 is 5.78 Å². The number of carbonyl (C=O) groups is 1. The van der Waals surface area contributed by atoms with Crippen LogP contribution in [-0.4, -0.2) is 12.4 Å². The summed E-state index contributed by atoms with van der Waals surface area (Å²) in [6.07, 6.45) is 0. The molecule has 1 aliphatic rings. The van der Waals surface area contributed by atoms with E-state index in [0.717, 1.165) is 16.7 Å². The van der Waals surface area contributed by atoms with E-state index in [9.17, 15) is 4.79 Å². The number of ketones is 1. The summed E-state index contributed by atoms with van der Waals surface area (Å²) in [6, 6.07) is 17.4. The Morgan fingerprint density at radius 1 is 0.909 bits per heavy atom. The van der Waals surface area contributed by atoms with Gasteiger partial charge in [0.2, 0.25) is 5.78 Å². The summed E-state index contributed by atoms with van der Waals surface area (Å²) in [4.78, 5) is 12.7. The number of hydrogen-bond acceptors (Lipinski definition) is 3. The van der Waals surface area contributed by atoms with Gasteiger partial charge >= 0.3 is 0 Å². The lowest BCUT2D eigenvalue weighted by molar-refractivity contribution is 0.103. The molecule has 2 aromatic carbocycles. The van der Waals surface area contributed by atoms with Crippen molar-refractivity contribution in [3.8, 4) is 28.4 Å². The molecule has 0 N–H and O–H groups in total. The molecular formula is C19H14O3. The van der Waals surface area contributed by atoms with E-state index in [0.29, 0.717) is 29.4 Å². The molecular weight excluding hydrogens is 276 g/mol. The molecule has 1 aromatic heterocycles. The first kappa shape index (κ1) is 12.9. The van der Waals surface area contributed by atoms with E-state index in [-0.39, 0.29) is 5.78 Å². The van der Waals surface area contributed by atoms with Crippen LogP contribution in [0.1, 0.15) is 22.8 Å². The molecule has 0 unspecified atom stereocenters. The van der Waals surface area contributed by atoms with Crippen LogP contribution in [0.5, 0.6) is 5.95 Å². The van der Waals surface area contributed by atoms with Gasteiger partial charge in [-0.3, -0.25) is 4.79 Å². The zero-order chi connectivity index (χ0) is 15.1. The zero-order valence-electron chi connectivity index (χ0n) is 12.1. The lowest BCUT2D eigenvalue weighted by atomic mass is 10.0. The van der Waals surface area contributed by atoms with Gasteiger partial charge in [0.15, 0.2) is 0 Å². The van der Waals surface area contributed by atoms with E-state index >= 15 is 0 Å². The fourth-order valence-electron chi connectivity index (χ4n) is 2.93. The SMILES string of the molecule is CCOc1oc(-c2ccccc2)c2c1C(=O)c1ccccc1-2. The maximum atomic E-state index is 12.7. The van der Waals surface area contributed by atoms with Crippen LogP contribution in [0.25, 0.3) is 22.5 Å². The molecule has 0 aliphatic heterocycles. The average molecular weight is 290 g/mol. The van der Waals surface area contributed by atoms with E-state index in [2.05, 4.69) is 0 Å². The Bertz CT molecular complexity index is 860. The molecule has 0 bridgehead atoms. The standard InChI is InChI=1S/C19H14O3/c1-2-21-19-16-15(13-10-6-7-11-14(13)17(16)20)18(22-19)12-8-4-3-5-9-12/h3-11H,2H2,1H3. The molecule has 108 valence electrons. The quantitative estimate of drug-likeness (QED) is 0.555. The number of hydrogen-bond donors (Lipinski definition) is 0. The number of carbonyl (C=O) groups excluding carboxylic acids is 1. The summed E-state index contributed by atoms with van der Waals surface area (Å²) < 4.78 is 11.5. The largest absolute Gasteiger partial charge is 0.465 e. The van der Waals surface area contributed by atoms with Gasteiger partial charge in [-0.25, -0.2) is 0 Å². The fourth-order valence-corrected chi connectivity index (χ4v) is 2.93. The van der Waals surface area contributed by atoms with Crippen LogP contribution in [0.15, 0.2) is 59.0 Å². The molecule has 0 fully saturated rings. The van der Waals surface area contributed by atoms with Crippen molar-refractivity contribution in [1.29, 1.82) is 0 Å². The highest BCUT2D eigenvalue weighted by Gasteiger charge is 2.36. The predicted octanol–water partition coefficient (Wildman–Crippen LogP) is 4.56. The molecule has 1 heterocycles. The molecule has 3 aromatic rings. The highest BCUT2D eigenvalue weighted by atomic mass is 16.6. The highest BCUT2D eigenvalue weighted by Crippen LogP contribution is 2.49. The second-order valence-electron chi connectivity index (χ2n) is 5.14. The van der Waals surface area contributed by atoms with Crippen molar-refractivity contribution < 1.29 is 13.9 Å². The van der Waals surface area contributed by atoms with Crippen LogP contribution >= 0.6 is 0 Å². The number of benzene rings is 2. The van der Waals surface area contributed by atoms with Crippen molar-refractivity contribution in [2.75, 3.05) is 6.61 Å². The first-order valence-electron chi connectivity index (χ1n) is 7.30. The minimum absolute atomic E-state index is 0.0278. The van der Waals surface area contributed by atoms with Crippen molar-refractivity contribution in [3.05, 3.63) is 65.7 Å². The van der Waals surface area contributed by atoms with Gasteiger partial charge in [0.1, 0.15) is 11.3 Å². The maximum Gasteiger partial charge on any atom is 0.297 e. The number of ether oxygens (including phenoxy) is 1. The Labute approximate surface area is 128 Å². The van der Waals surface area contributed by atoms with Gasteiger partial charge in [-0.05, 0) is 12.5 Å². The smallest absolute Gasteiger partial charge is 0.297 e. The molecule has 4 rings (SSSR count). The van der Waals surface area contributed by atoms with Crippen LogP contribution in [0.2, 0.25) is 0 Å². The van der Waals surface area contributed by atoms with Gasteiger partial charge in [0.25, 0.3) is 5.95 Å². The number of furan rings is 1. The predicted molar refractivity (Wildman–Crippen MR) is 84.2 cm³/mol. The fraction of sp³-hybridized carbons (Fsp3) is 0.105. The molecule has 22 heavy (non-hydrogen) atoms. The third-order valence-electron chi connectivity index (χ3n) is 3.86. The number of rotatable bonds is 3. The second-order valence-corrected chi connectivity index (χ2v) is 5.14. The summed E-state index contributed by atoms with van der Waals surface area (Å²) in [7, 11) is 0. The third kappa shape index (κ3) is 1.72. The van der Waals surface area contributed by atoms with Crippen LogP contribution in [0.4, 0.5) is 0 Å². The molecule has 0 saturated carbocycles. The Balaban J connectivity index is 2.03. The Kier molecular flexibility index (Phi) is 2.86. The molecule has 3 nitrogen and oxygen atoms in total. The molecule has 1 aliphatic carbocycles. The minimum Gasteiger partial charge on any atom is -0.465 e. The topological polar surface area (TPSA) is 39.4 Å². The van der Waals surface area contributed by atoms with Gasteiger partial charge in [-0.2, -0.15) is 0 Å². The van der Waals surface area contributed by atoms with Crippen molar-refractivity contribution in [1.82, 2.24) is 0 Å². The van der Waals surface area contributed by atoms with Crippen LogP contribution in [0.3, 0.4) is 0 Å². The van der Waals surface area contributed by atoms with Gasteiger partial charge in [-0.15, -0.1) is 0 Å². The summed E-state index contributed by atoms with van der Waals surface area (Å²) in [5, 5.41) is 0. The van der Waals surface area contributed by atoms with E-state index in [1.165, 1.54) is 0 Å². The van der Waals surface area contributed by atoms with Crippen LogP contribution in [-0.2, 0) is 0 Å². The zero-order valence-corrected chi connectivity index (χ0v) is 12.1. The van der Waals surface area contributed by atoms with Gasteiger partial charge in [-0.1, -0.05) is 54.6 Å². The maximum absolute atomic E-state index is 12.7. The van der Waals surface area contributed by atoms with Crippen molar-refractivity contribution in [2.45, 2.75) is 6.92 Å². The monoisotopic (exact) mass is 290 g/mol. The highest BCUT2D eigenvalue weighted by molar-refractivity contribution is 6.24. The van der Waals surface area contributed by atoms with Gasteiger partial charge < -0.3 is 9.15 Å². The molecule has 0 amide bonds. The average Bonchev–Trinajstić information content (AvgIpc) is 3.07. The van der Waals surface area contributed by atoms with E-state index in [1.807, 2.05) is 61.5 Å². The van der Waals surface area contributed by atoms with Gasteiger partial charge in [0, 0.05) is 16.7 Å². The molecule has 0 saturated heterocycles. The Morgan fingerprint density at radius 3 is 2.32 bits per heavy atom. The van der Waals surface area contributed by atoms with Crippen molar-refractivity contribution in [3.63, 3.8) is 0 Å². The summed E-state index contributed by atoms with van der Waals surface area (Å²) in [5.74, 6) is 0.981. The van der Waals surface area contributed by atoms with Crippen molar-refractivity contribution in [2.24, 2.45) is 0 Å². The second kappa shape index (κ2) is 4.88. The number of fused-ring (bicyclic) bond motifs is 3.